The number of aryl methyl sites for hydroxylation is 1. The molecule has 1 N–H and O–H groups in total. The number of aliphatic hydroxyl groups is 1. The summed E-state index contributed by atoms with van der Waals surface area (Å²) in [4.78, 5) is 26.5. The topological polar surface area (TPSA) is 81.4 Å². The van der Waals surface area contributed by atoms with Crippen LogP contribution in [0.4, 0.5) is 0 Å². The minimum absolute atomic E-state index is 0.0327. The summed E-state index contributed by atoms with van der Waals surface area (Å²) < 4.78 is 5.96. The van der Waals surface area contributed by atoms with Crippen LogP contribution < -0.4 is 5.56 Å². The molecule has 0 bridgehead atoms. The van der Waals surface area contributed by atoms with E-state index in [1.54, 1.807) is 13.8 Å². The van der Waals surface area contributed by atoms with Gasteiger partial charge in [0.15, 0.2) is 0 Å². The molecule has 0 amide bonds. The van der Waals surface area contributed by atoms with E-state index < -0.39 is 12.1 Å². The van der Waals surface area contributed by atoms with Gasteiger partial charge in [0.05, 0.1) is 32.0 Å². The Kier molecular flexibility index (Phi) is 4.84. The first-order valence-electron chi connectivity index (χ1n) is 5.39. The molecule has 0 radical (unpaired) electrons. The summed E-state index contributed by atoms with van der Waals surface area (Å²) in [5.74, 6) is -0.479. The number of esters is 1. The van der Waals surface area contributed by atoms with E-state index in [4.69, 9.17) is 4.74 Å². The predicted molar refractivity (Wildman–Crippen MR) is 60.5 cm³/mol. The molecule has 1 atom stereocenters. The second-order valence-electron chi connectivity index (χ2n) is 3.68. The molecule has 1 aromatic heterocycles. The first-order chi connectivity index (χ1) is 8.02. The van der Waals surface area contributed by atoms with Crippen LogP contribution in [0, 0.1) is 6.92 Å². The van der Waals surface area contributed by atoms with Crippen molar-refractivity contribution in [3.63, 3.8) is 0 Å². The van der Waals surface area contributed by atoms with Gasteiger partial charge >= 0.3 is 5.97 Å². The van der Waals surface area contributed by atoms with E-state index in [0.29, 0.717) is 5.69 Å². The lowest BCUT2D eigenvalue weighted by molar-refractivity contribution is -0.145. The van der Waals surface area contributed by atoms with Crippen LogP contribution in [0.25, 0.3) is 0 Å². The monoisotopic (exact) mass is 240 g/mol. The molecule has 94 valence electrons. The Hall–Kier alpha value is -1.69. The Bertz CT molecular complexity index is 441. The van der Waals surface area contributed by atoms with Crippen LogP contribution in [0.2, 0.25) is 0 Å². The number of aromatic nitrogens is 2. The number of hydrogen-bond acceptors (Lipinski definition) is 5. The lowest BCUT2D eigenvalue weighted by atomic mass is 10.2. The molecule has 1 unspecified atom stereocenters. The quantitative estimate of drug-likeness (QED) is 0.725. The van der Waals surface area contributed by atoms with Crippen LogP contribution in [-0.2, 0) is 16.1 Å². The molecule has 0 saturated heterocycles. The molecular weight excluding hydrogens is 224 g/mol. The Morgan fingerprint density at radius 1 is 1.65 bits per heavy atom. The van der Waals surface area contributed by atoms with Gasteiger partial charge < -0.3 is 9.84 Å². The Labute approximate surface area is 98.9 Å². The summed E-state index contributed by atoms with van der Waals surface area (Å²) >= 11 is 0. The molecule has 0 aromatic carbocycles. The predicted octanol–water partition coefficient (Wildman–Crippen LogP) is -0.134. The van der Waals surface area contributed by atoms with Crippen molar-refractivity contribution in [1.82, 2.24) is 9.55 Å². The molecule has 0 spiro atoms. The SMILES string of the molecule is CCOC(=O)CC(O)Cn1cnc(C)cc1=O. The second kappa shape index (κ2) is 6.15. The van der Waals surface area contributed by atoms with Gasteiger partial charge in [-0.25, -0.2) is 4.98 Å². The lowest BCUT2D eigenvalue weighted by Gasteiger charge is -2.11. The molecule has 0 aliphatic rings. The normalized spacial score (nSPS) is 12.2. The zero-order chi connectivity index (χ0) is 12.8. The molecule has 6 heteroatoms. The third-order valence-electron chi connectivity index (χ3n) is 2.13. The highest BCUT2D eigenvalue weighted by Crippen LogP contribution is 1.98. The number of hydrogen-bond donors (Lipinski definition) is 1. The van der Waals surface area contributed by atoms with Gasteiger partial charge in [-0.2, -0.15) is 0 Å². The van der Waals surface area contributed by atoms with E-state index in [-0.39, 0.29) is 25.1 Å². The van der Waals surface area contributed by atoms with E-state index in [2.05, 4.69) is 4.98 Å². The Balaban J connectivity index is 2.59. The maximum absolute atomic E-state index is 11.5. The van der Waals surface area contributed by atoms with Gasteiger partial charge in [0, 0.05) is 11.8 Å². The van der Waals surface area contributed by atoms with Crippen LogP contribution in [0.5, 0.6) is 0 Å². The molecule has 0 saturated carbocycles. The summed E-state index contributed by atoms with van der Waals surface area (Å²) in [5, 5.41) is 9.61. The first-order valence-corrected chi connectivity index (χ1v) is 5.39. The van der Waals surface area contributed by atoms with E-state index in [0.717, 1.165) is 0 Å². The molecule has 6 nitrogen and oxygen atoms in total. The van der Waals surface area contributed by atoms with Gasteiger partial charge in [0.25, 0.3) is 5.56 Å². The number of rotatable bonds is 5. The maximum Gasteiger partial charge on any atom is 0.308 e. The van der Waals surface area contributed by atoms with E-state index in [9.17, 15) is 14.7 Å². The van der Waals surface area contributed by atoms with Crippen molar-refractivity contribution in [1.29, 1.82) is 0 Å². The van der Waals surface area contributed by atoms with Gasteiger partial charge in [0.1, 0.15) is 0 Å². The minimum Gasteiger partial charge on any atom is -0.466 e. The molecule has 0 aliphatic carbocycles. The smallest absolute Gasteiger partial charge is 0.308 e. The molecule has 0 fully saturated rings. The van der Waals surface area contributed by atoms with Crippen molar-refractivity contribution in [3.05, 3.63) is 28.4 Å². The Morgan fingerprint density at radius 3 is 2.94 bits per heavy atom. The summed E-state index contributed by atoms with van der Waals surface area (Å²) in [7, 11) is 0. The summed E-state index contributed by atoms with van der Waals surface area (Å²) in [6.45, 7) is 3.71. The largest absolute Gasteiger partial charge is 0.466 e. The lowest BCUT2D eigenvalue weighted by Crippen LogP contribution is -2.28. The maximum atomic E-state index is 11.5. The zero-order valence-corrected chi connectivity index (χ0v) is 9.92. The molecule has 1 rings (SSSR count). The molecular formula is C11H16N2O4. The standard InChI is InChI=1S/C11H16N2O4/c1-3-17-11(16)5-9(14)6-13-7-12-8(2)4-10(13)15/h4,7,9,14H,3,5-6H2,1-2H3. The number of aliphatic hydroxyl groups excluding tert-OH is 1. The van der Waals surface area contributed by atoms with Crippen molar-refractivity contribution in [2.75, 3.05) is 6.61 Å². The van der Waals surface area contributed by atoms with Crippen molar-refractivity contribution in [2.45, 2.75) is 32.9 Å². The summed E-state index contributed by atoms with van der Waals surface area (Å²) in [6.07, 6.45) is 0.275. The second-order valence-corrected chi connectivity index (χ2v) is 3.68. The van der Waals surface area contributed by atoms with Crippen LogP contribution in [0.1, 0.15) is 19.0 Å². The van der Waals surface area contributed by atoms with Crippen LogP contribution >= 0.6 is 0 Å². The molecule has 1 aromatic rings. The highest BCUT2D eigenvalue weighted by atomic mass is 16.5. The van der Waals surface area contributed by atoms with Gasteiger partial charge in [-0.1, -0.05) is 0 Å². The van der Waals surface area contributed by atoms with Gasteiger partial charge in [-0.3, -0.25) is 14.2 Å². The van der Waals surface area contributed by atoms with Gasteiger partial charge in [-0.15, -0.1) is 0 Å². The highest BCUT2D eigenvalue weighted by molar-refractivity contribution is 5.69. The summed E-state index contributed by atoms with van der Waals surface area (Å²) in [6, 6.07) is 1.37. The fraction of sp³-hybridized carbons (Fsp3) is 0.545. The van der Waals surface area contributed by atoms with Gasteiger partial charge in [-0.05, 0) is 13.8 Å². The Morgan fingerprint density at radius 2 is 2.35 bits per heavy atom. The van der Waals surface area contributed by atoms with E-state index in [1.165, 1.54) is 17.0 Å². The zero-order valence-electron chi connectivity index (χ0n) is 9.92. The van der Waals surface area contributed by atoms with Crippen molar-refractivity contribution in [2.24, 2.45) is 0 Å². The number of carbonyl (C=O) groups is 1. The number of ether oxygens (including phenoxy) is 1. The average Bonchev–Trinajstić information content (AvgIpc) is 2.22. The molecule has 1 heterocycles. The highest BCUT2D eigenvalue weighted by Gasteiger charge is 2.12. The van der Waals surface area contributed by atoms with E-state index >= 15 is 0 Å². The van der Waals surface area contributed by atoms with Crippen molar-refractivity contribution >= 4 is 5.97 Å². The number of carbonyl (C=O) groups excluding carboxylic acids is 1. The minimum atomic E-state index is -0.948. The van der Waals surface area contributed by atoms with Crippen molar-refractivity contribution in [3.8, 4) is 0 Å². The van der Waals surface area contributed by atoms with E-state index in [1.807, 2.05) is 0 Å². The van der Waals surface area contributed by atoms with Crippen LogP contribution in [0.3, 0.4) is 0 Å². The fourth-order valence-electron chi connectivity index (χ4n) is 1.36. The summed E-state index contributed by atoms with van der Waals surface area (Å²) in [5.41, 5.74) is 0.367. The third-order valence-corrected chi connectivity index (χ3v) is 2.13. The van der Waals surface area contributed by atoms with Gasteiger partial charge in [0.2, 0.25) is 0 Å². The number of nitrogens with zero attached hydrogens (tertiary/aromatic N) is 2. The molecule has 17 heavy (non-hydrogen) atoms. The first kappa shape index (κ1) is 13.4. The fourth-order valence-corrected chi connectivity index (χ4v) is 1.36. The van der Waals surface area contributed by atoms with Crippen LogP contribution in [-0.4, -0.2) is 33.3 Å². The molecule has 0 aliphatic heterocycles. The van der Waals surface area contributed by atoms with Crippen molar-refractivity contribution < 1.29 is 14.6 Å². The average molecular weight is 240 g/mol. The third kappa shape index (κ3) is 4.36. The van der Waals surface area contributed by atoms with Crippen LogP contribution in [0.15, 0.2) is 17.2 Å².